The zero-order valence-electron chi connectivity index (χ0n) is 12.8. The van der Waals surface area contributed by atoms with Crippen molar-refractivity contribution < 1.29 is 4.52 Å². The molecule has 3 rings (SSSR count). The lowest BCUT2D eigenvalue weighted by atomic mass is 10.0. The molecule has 1 fully saturated rings. The van der Waals surface area contributed by atoms with Gasteiger partial charge in [-0.25, -0.2) is 0 Å². The van der Waals surface area contributed by atoms with Gasteiger partial charge in [0.25, 0.3) is 0 Å². The maximum atomic E-state index is 9.14. The highest BCUT2D eigenvalue weighted by Gasteiger charge is 2.62. The maximum Gasteiger partial charge on any atom is 0.231 e. The molecular weight excluding hydrogens is 262 g/mol. The average Bonchev–Trinajstić information content (AvgIpc) is 2.72. The van der Waals surface area contributed by atoms with Crippen molar-refractivity contribution in [3.8, 4) is 6.07 Å². The first-order chi connectivity index (χ1) is 9.91. The average molecular weight is 281 g/mol. The fraction of sp³-hybridized carbons (Fsp3) is 0.471. The van der Waals surface area contributed by atoms with Crippen molar-refractivity contribution in [1.29, 1.82) is 5.26 Å². The SMILES string of the molecule is Cc1cc(C)cc(Cc2noc(C3C(C#N)C3(C)C)n2)c1. The summed E-state index contributed by atoms with van der Waals surface area (Å²) in [4.78, 5) is 4.49. The van der Waals surface area contributed by atoms with E-state index in [-0.39, 0.29) is 17.3 Å². The normalized spacial score (nSPS) is 22.8. The Hall–Kier alpha value is -2.15. The lowest BCUT2D eigenvalue weighted by molar-refractivity contribution is 0.363. The molecule has 1 aliphatic rings. The predicted molar refractivity (Wildman–Crippen MR) is 78.6 cm³/mol. The van der Waals surface area contributed by atoms with E-state index in [1.54, 1.807) is 0 Å². The molecule has 0 N–H and O–H groups in total. The summed E-state index contributed by atoms with van der Waals surface area (Å²) >= 11 is 0. The van der Waals surface area contributed by atoms with Gasteiger partial charge in [-0.15, -0.1) is 0 Å². The molecule has 1 aliphatic carbocycles. The number of nitriles is 1. The van der Waals surface area contributed by atoms with Gasteiger partial charge in [-0.05, 0) is 24.8 Å². The Labute approximate surface area is 124 Å². The summed E-state index contributed by atoms with van der Waals surface area (Å²) in [6.07, 6.45) is 0.663. The topological polar surface area (TPSA) is 62.7 Å². The molecule has 4 heteroatoms. The highest BCUT2D eigenvalue weighted by atomic mass is 16.5. The zero-order valence-corrected chi connectivity index (χ0v) is 12.8. The van der Waals surface area contributed by atoms with Crippen molar-refractivity contribution in [2.75, 3.05) is 0 Å². The van der Waals surface area contributed by atoms with Crippen LogP contribution in [0.15, 0.2) is 22.7 Å². The van der Waals surface area contributed by atoms with Crippen LogP contribution in [0.3, 0.4) is 0 Å². The Morgan fingerprint density at radius 2 is 1.90 bits per heavy atom. The smallest absolute Gasteiger partial charge is 0.231 e. The number of nitrogens with zero attached hydrogens (tertiary/aromatic N) is 3. The van der Waals surface area contributed by atoms with Crippen molar-refractivity contribution in [2.24, 2.45) is 11.3 Å². The van der Waals surface area contributed by atoms with Crippen molar-refractivity contribution in [3.05, 3.63) is 46.6 Å². The van der Waals surface area contributed by atoms with Crippen LogP contribution in [0.1, 0.15) is 48.2 Å². The molecule has 0 bridgehead atoms. The Morgan fingerprint density at radius 3 is 2.48 bits per heavy atom. The fourth-order valence-corrected chi connectivity index (χ4v) is 3.16. The standard InChI is InChI=1S/C17H19N3O/c1-10-5-11(2)7-12(6-10)8-14-19-16(21-20-14)15-13(9-18)17(15,3)4/h5-7,13,15H,8H2,1-4H3. The van der Waals surface area contributed by atoms with E-state index >= 15 is 0 Å². The molecule has 2 aromatic rings. The van der Waals surface area contributed by atoms with Crippen LogP contribution in [0.25, 0.3) is 0 Å². The third-order valence-electron chi connectivity index (χ3n) is 4.36. The van der Waals surface area contributed by atoms with E-state index in [4.69, 9.17) is 9.78 Å². The molecule has 1 aromatic heterocycles. The van der Waals surface area contributed by atoms with Crippen LogP contribution < -0.4 is 0 Å². The van der Waals surface area contributed by atoms with Gasteiger partial charge in [-0.3, -0.25) is 0 Å². The molecule has 2 unspecified atom stereocenters. The molecule has 1 saturated carbocycles. The van der Waals surface area contributed by atoms with Crippen molar-refractivity contribution in [2.45, 2.75) is 40.0 Å². The third kappa shape index (κ3) is 2.44. The summed E-state index contributed by atoms with van der Waals surface area (Å²) in [6.45, 7) is 8.31. The number of hydrogen-bond donors (Lipinski definition) is 0. The van der Waals surface area contributed by atoms with E-state index in [0.29, 0.717) is 18.1 Å². The molecule has 108 valence electrons. The first-order valence-corrected chi connectivity index (χ1v) is 7.21. The minimum Gasteiger partial charge on any atom is -0.339 e. The molecule has 0 spiro atoms. The summed E-state index contributed by atoms with van der Waals surface area (Å²) in [7, 11) is 0. The quantitative estimate of drug-likeness (QED) is 0.863. The molecule has 1 aromatic carbocycles. The van der Waals surface area contributed by atoms with Gasteiger partial charge in [0.05, 0.1) is 17.9 Å². The van der Waals surface area contributed by atoms with Gasteiger partial charge in [0, 0.05) is 6.42 Å². The van der Waals surface area contributed by atoms with E-state index < -0.39 is 0 Å². The van der Waals surface area contributed by atoms with Crippen molar-refractivity contribution in [1.82, 2.24) is 10.1 Å². The van der Waals surface area contributed by atoms with E-state index in [1.165, 1.54) is 16.7 Å². The van der Waals surface area contributed by atoms with E-state index in [1.807, 2.05) is 0 Å². The van der Waals surface area contributed by atoms with Gasteiger partial charge in [-0.2, -0.15) is 10.2 Å². The largest absolute Gasteiger partial charge is 0.339 e. The van der Waals surface area contributed by atoms with Gasteiger partial charge in [0.1, 0.15) is 0 Å². The fourth-order valence-electron chi connectivity index (χ4n) is 3.16. The van der Waals surface area contributed by atoms with E-state index in [0.717, 1.165) is 0 Å². The van der Waals surface area contributed by atoms with Crippen LogP contribution in [-0.4, -0.2) is 10.1 Å². The van der Waals surface area contributed by atoms with Crippen molar-refractivity contribution >= 4 is 0 Å². The number of benzene rings is 1. The predicted octanol–water partition coefficient (Wildman–Crippen LogP) is 3.54. The first-order valence-electron chi connectivity index (χ1n) is 7.21. The van der Waals surface area contributed by atoms with E-state index in [9.17, 15) is 0 Å². The second kappa shape index (κ2) is 4.70. The van der Waals surface area contributed by atoms with Crippen molar-refractivity contribution in [3.63, 3.8) is 0 Å². The minimum atomic E-state index is -0.0571. The van der Waals surface area contributed by atoms with Gasteiger partial charge in [-0.1, -0.05) is 48.3 Å². The second-order valence-corrected chi connectivity index (χ2v) is 6.63. The van der Waals surface area contributed by atoms with Crippen LogP contribution in [0.4, 0.5) is 0 Å². The zero-order chi connectivity index (χ0) is 15.2. The lowest BCUT2D eigenvalue weighted by Gasteiger charge is -2.01. The molecule has 0 amide bonds. The number of aromatic nitrogens is 2. The summed E-state index contributed by atoms with van der Waals surface area (Å²) in [5.41, 5.74) is 3.60. The highest BCUT2D eigenvalue weighted by Crippen LogP contribution is 2.63. The summed E-state index contributed by atoms with van der Waals surface area (Å²) in [5, 5.41) is 13.2. The van der Waals surface area contributed by atoms with Crippen LogP contribution in [0.5, 0.6) is 0 Å². The van der Waals surface area contributed by atoms with Crippen LogP contribution in [0.2, 0.25) is 0 Å². The Bertz CT molecular complexity index is 704. The molecule has 0 saturated heterocycles. The lowest BCUT2D eigenvalue weighted by Crippen LogP contribution is -1.94. The molecule has 2 atom stereocenters. The van der Waals surface area contributed by atoms with Gasteiger partial charge in [0.15, 0.2) is 5.82 Å². The number of hydrogen-bond acceptors (Lipinski definition) is 4. The van der Waals surface area contributed by atoms with Crippen LogP contribution in [-0.2, 0) is 6.42 Å². The third-order valence-corrected chi connectivity index (χ3v) is 4.36. The molecular formula is C17H19N3O. The molecule has 21 heavy (non-hydrogen) atoms. The number of aryl methyl sites for hydroxylation is 2. The molecule has 4 nitrogen and oxygen atoms in total. The maximum absolute atomic E-state index is 9.14. The Morgan fingerprint density at radius 1 is 1.24 bits per heavy atom. The summed E-state index contributed by atoms with van der Waals surface area (Å²) < 4.78 is 5.38. The monoisotopic (exact) mass is 281 g/mol. The molecule has 0 radical (unpaired) electrons. The summed E-state index contributed by atoms with van der Waals surface area (Å²) in [6, 6.07) is 8.75. The first kappa shape index (κ1) is 13.8. The summed E-state index contributed by atoms with van der Waals surface area (Å²) in [5.74, 6) is 1.34. The van der Waals surface area contributed by atoms with Gasteiger partial charge < -0.3 is 4.52 Å². The minimum absolute atomic E-state index is 0.0213. The molecule has 0 aliphatic heterocycles. The van der Waals surface area contributed by atoms with Crippen LogP contribution >= 0.6 is 0 Å². The van der Waals surface area contributed by atoms with E-state index in [2.05, 4.69) is 62.1 Å². The number of rotatable bonds is 3. The molecule has 1 heterocycles. The Kier molecular flexibility index (Phi) is 3.09. The van der Waals surface area contributed by atoms with Crippen LogP contribution in [0, 0.1) is 36.5 Å². The second-order valence-electron chi connectivity index (χ2n) is 6.63. The Balaban J connectivity index is 1.79. The van der Waals surface area contributed by atoms with Gasteiger partial charge in [0.2, 0.25) is 5.89 Å². The highest BCUT2D eigenvalue weighted by molar-refractivity contribution is 5.31. The van der Waals surface area contributed by atoms with Gasteiger partial charge >= 0.3 is 0 Å².